The number of benzene rings is 1. The Labute approximate surface area is 130 Å². The first-order chi connectivity index (χ1) is 11.2. The number of aromatic nitrogens is 6. The quantitative estimate of drug-likeness (QED) is 0.709. The van der Waals surface area contributed by atoms with Crippen LogP contribution in [0.2, 0.25) is 0 Å². The third-order valence-corrected chi connectivity index (χ3v) is 3.14. The van der Waals surface area contributed by atoms with Crippen LogP contribution in [0.1, 0.15) is 5.69 Å². The summed E-state index contributed by atoms with van der Waals surface area (Å²) in [5.41, 5.74) is 1.61. The maximum Gasteiger partial charge on any atom is 0.241 e. The van der Waals surface area contributed by atoms with Crippen LogP contribution in [-0.4, -0.2) is 42.4 Å². The average Bonchev–Trinajstić information content (AvgIpc) is 3.20. The number of carbonyl (C=O) groups excluding carboxylic acids is 1. The van der Waals surface area contributed by atoms with Crippen LogP contribution < -0.4 is 5.32 Å². The molecule has 2 aromatic heterocycles. The van der Waals surface area contributed by atoms with Crippen molar-refractivity contribution in [1.82, 2.24) is 35.3 Å². The molecule has 0 saturated heterocycles. The fraction of sp³-hybridized carbons (Fsp3) is 0.214. The highest BCUT2D eigenvalue weighted by Crippen LogP contribution is 2.09. The van der Waals surface area contributed by atoms with Gasteiger partial charge in [-0.2, -0.15) is 5.10 Å². The minimum Gasteiger partial charge on any atom is -0.354 e. The molecular weight excluding hydrogens is 301 g/mol. The smallest absolute Gasteiger partial charge is 0.241 e. The van der Waals surface area contributed by atoms with Crippen LogP contribution in [0.25, 0.3) is 5.69 Å². The van der Waals surface area contributed by atoms with Gasteiger partial charge in [-0.15, -0.1) is 5.10 Å². The number of tetrazole rings is 1. The van der Waals surface area contributed by atoms with Crippen molar-refractivity contribution >= 4 is 5.91 Å². The molecule has 118 valence electrons. The zero-order valence-corrected chi connectivity index (χ0v) is 12.1. The summed E-state index contributed by atoms with van der Waals surface area (Å²) >= 11 is 0. The van der Waals surface area contributed by atoms with Gasteiger partial charge in [-0.1, -0.05) is 0 Å². The summed E-state index contributed by atoms with van der Waals surface area (Å²) in [6.45, 7) is 0.540. The molecule has 2 heterocycles. The van der Waals surface area contributed by atoms with Gasteiger partial charge in [0.05, 0.1) is 11.4 Å². The molecular formula is C14H14FN7O. The van der Waals surface area contributed by atoms with Gasteiger partial charge >= 0.3 is 0 Å². The van der Waals surface area contributed by atoms with E-state index in [0.29, 0.717) is 13.0 Å². The van der Waals surface area contributed by atoms with Gasteiger partial charge in [0.1, 0.15) is 18.7 Å². The molecule has 0 radical (unpaired) electrons. The van der Waals surface area contributed by atoms with Crippen molar-refractivity contribution in [3.8, 4) is 5.69 Å². The Kier molecular flexibility index (Phi) is 4.37. The molecule has 3 aromatic rings. The number of amides is 1. The van der Waals surface area contributed by atoms with Crippen LogP contribution in [0, 0.1) is 5.82 Å². The summed E-state index contributed by atoms with van der Waals surface area (Å²) in [6.07, 6.45) is 3.77. The van der Waals surface area contributed by atoms with E-state index in [1.165, 1.54) is 23.1 Å². The molecule has 1 amide bonds. The minimum atomic E-state index is -0.286. The summed E-state index contributed by atoms with van der Waals surface area (Å²) in [7, 11) is 0. The molecule has 1 aromatic carbocycles. The first-order valence-corrected chi connectivity index (χ1v) is 6.99. The predicted octanol–water partition coefficient (Wildman–Crippen LogP) is 0.357. The van der Waals surface area contributed by atoms with E-state index < -0.39 is 0 Å². The van der Waals surface area contributed by atoms with E-state index in [0.717, 1.165) is 11.4 Å². The lowest BCUT2D eigenvalue weighted by molar-refractivity contribution is -0.121. The molecule has 0 aliphatic heterocycles. The van der Waals surface area contributed by atoms with Crippen molar-refractivity contribution in [2.45, 2.75) is 13.0 Å². The lowest BCUT2D eigenvalue weighted by Gasteiger charge is -2.03. The third-order valence-electron chi connectivity index (χ3n) is 3.14. The van der Waals surface area contributed by atoms with E-state index in [1.54, 1.807) is 23.0 Å². The van der Waals surface area contributed by atoms with Gasteiger partial charge < -0.3 is 5.32 Å². The number of nitrogens with one attached hydrogen (secondary N) is 1. The average molecular weight is 315 g/mol. The Bertz CT molecular complexity index is 767. The molecule has 0 spiro atoms. The fourth-order valence-electron chi connectivity index (χ4n) is 2.02. The Morgan fingerprint density at radius 1 is 1.22 bits per heavy atom. The highest BCUT2D eigenvalue weighted by Gasteiger charge is 2.05. The van der Waals surface area contributed by atoms with E-state index in [2.05, 4.69) is 25.9 Å². The molecule has 0 unspecified atom stereocenters. The Morgan fingerprint density at radius 2 is 2.04 bits per heavy atom. The van der Waals surface area contributed by atoms with Gasteiger partial charge in [-0.3, -0.25) is 4.79 Å². The van der Waals surface area contributed by atoms with Gasteiger partial charge in [0.2, 0.25) is 5.91 Å². The molecule has 0 atom stereocenters. The maximum atomic E-state index is 12.9. The van der Waals surface area contributed by atoms with Crippen molar-refractivity contribution in [2.24, 2.45) is 0 Å². The summed E-state index contributed by atoms with van der Waals surface area (Å²) < 4.78 is 15.9. The summed E-state index contributed by atoms with van der Waals surface area (Å²) in [5.74, 6) is -0.457. The summed E-state index contributed by atoms with van der Waals surface area (Å²) in [4.78, 5) is 11.7. The van der Waals surface area contributed by atoms with Gasteiger partial charge in [0.25, 0.3) is 0 Å². The van der Waals surface area contributed by atoms with E-state index >= 15 is 0 Å². The second kappa shape index (κ2) is 6.77. The topological polar surface area (TPSA) is 90.5 Å². The van der Waals surface area contributed by atoms with E-state index in [4.69, 9.17) is 0 Å². The zero-order chi connectivity index (χ0) is 16.1. The standard InChI is InChI=1S/C14H14FN7O/c15-11-1-3-13(4-2-11)22-8-6-12(18-22)5-7-16-14(23)9-21-10-17-19-20-21/h1-4,6,8,10H,5,7,9H2,(H,16,23). The van der Waals surface area contributed by atoms with Gasteiger partial charge in [-0.05, 0) is 40.8 Å². The lowest BCUT2D eigenvalue weighted by atomic mass is 10.3. The van der Waals surface area contributed by atoms with Crippen molar-refractivity contribution < 1.29 is 9.18 Å². The molecule has 9 heteroatoms. The van der Waals surface area contributed by atoms with Crippen LogP contribution >= 0.6 is 0 Å². The first-order valence-electron chi connectivity index (χ1n) is 6.99. The van der Waals surface area contributed by atoms with Gasteiger partial charge in [0, 0.05) is 19.2 Å². The first kappa shape index (κ1) is 14.8. The SMILES string of the molecule is O=C(Cn1cnnn1)NCCc1ccn(-c2ccc(F)cc2)n1. The van der Waals surface area contributed by atoms with Gasteiger partial charge in [0.15, 0.2) is 0 Å². The second-order valence-corrected chi connectivity index (χ2v) is 4.84. The lowest BCUT2D eigenvalue weighted by Crippen LogP contribution is -2.29. The molecule has 0 fully saturated rings. The Balaban J connectivity index is 1.49. The highest BCUT2D eigenvalue weighted by atomic mass is 19.1. The Hall–Kier alpha value is -3.10. The maximum absolute atomic E-state index is 12.9. The van der Waals surface area contributed by atoms with Crippen LogP contribution in [-0.2, 0) is 17.8 Å². The molecule has 8 nitrogen and oxygen atoms in total. The predicted molar refractivity (Wildman–Crippen MR) is 78.1 cm³/mol. The van der Waals surface area contributed by atoms with E-state index in [-0.39, 0.29) is 18.3 Å². The van der Waals surface area contributed by atoms with E-state index in [1.807, 2.05) is 6.07 Å². The van der Waals surface area contributed by atoms with E-state index in [9.17, 15) is 9.18 Å². The molecule has 1 N–H and O–H groups in total. The number of rotatable bonds is 6. The fourth-order valence-corrected chi connectivity index (χ4v) is 2.02. The molecule has 23 heavy (non-hydrogen) atoms. The van der Waals surface area contributed by atoms with Gasteiger partial charge in [-0.25, -0.2) is 13.8 Å². The molecule has 0 aliphatic carbocycles. The number of carbonyl (C=O) groups is 1. The van der Waals surface area contributed by atoms with Crippen LogP contribution in [0.5, 0.6) is 0 Å². The highest BCUT2D eigenvalue weighted by molar-refractivity contribution is 5.75. The largest absolute Gasteiger partial charge is 0.354 e. The summed E-state index contributed by atoms with van der Waals surface area (Å²) in [5, 5.41) is 17.7. The van der Waals surface area contributed by atoms with Crippen LogP contribution in [0.3, 0.4) is 0 Å². The molecule has 0 aliphatic rings. The number of hydrogen-bond donors (Lipinski definition) is 1. The number of halogens is 1. The number of nitrogens with zero attached hydrogens (tertiary/aromatic N) is 6. The van der Waals surface area contributed by atoms with Crippen molar-refractivity contribution in [2.75, 3.05) is 6.54 Å². The zero-order valence-electron chi connectivity index (χ0n) is 12.1. The molecule has 0 saturated carbocycles. The second-order valence-electron chi connectivity index (χ2n) is 4.84. The minimum absolute atomic E-state index is 0.0804. The third kappa shape index (κ3) is 3.96. The number of hydrogen-bond acceptors (Lipinski definition) is 5. The van der Waals surface area contributed by atoms with Crippen molar-refractivity contribution in [3.05, 3.63) is 54.4 Å². The van der Waals surface area contributed by atoms with Crippen molar-refractivity contribution in [3.63, 3.8) is 0 Å². The summed E-state index contributed by atoms with van der Waals surface area (Å²) in [6, 6.07) is 7.93. The van der Waals surface area contributed by atoms with Crippen LogP contribution in [0.4, 0.5) is 4.39 Å². The Morgan fingerprint density at radius 3 is 2.78 bits per heavy atom. The van der Waals surface area contributed by atoms with Crippen LogP contribution in [0.15, 0.2) is 42.9 Å². The monoisotopic (exact) mass is 315 g/mol. The van der Waals surface area contributed by atoms with Crippen molar-refractivity contribution in [1.29, 1.82) is 0 Å². The molecule has 0 bridgehead atoms. The normalized spacial score (nSPS) is 10.7. The molecule has 3 rings (SSSR count).